The first kappa shape index (κ1) is 15.6. The first-order chi connectivity index (χ1) is 10.3. The molecule has 5 heteroatoms. The minimum Gasteiger partial charge on any atom is -0.376 e. The molecule has 3 rings (SSSR count). The molecule has 3 unspecified atom stereocenters. The Hall–Kier alpha value is -0.260. The van der Waals surface area contributed by atoms with E-state index in [1.165, 1.54) is 12.2 Å². The fourth-order valence-electron chi connectivity index (χ4n) is 3.66. The molecule has 3 aliphatic heterocycles. The van der Waals surface area contributed by atoms with Gasteiger partial charge in [-0.25, -0.2) is 0 Å². The molecule has 0 spiro atoms. The number of rotatable bonds is 6. The van der Waals surface area contributed by atoms with E-state index in [0.29, 0.717) is 17.9 Å². The number of hydrogen-bond donors (Lipinski definition) is 1. The smallest absolute Gasteiger partial charge is 0.222 e. The van der Waals surface area contributed by atoms with E-state index in [4.69, 9.17) is 4.74 Å². The largest absolute Gasteiger partial charge is 0.376 e. The van der Waals surface area contributed by atoms with Crippen LogP contribution in [0, 0.1) is 5.92 Å². The number of carbonyl (C=O) groups is 1. The van der Waals surface area contributed by atoms with E-state index in [1.807, 2.05) is 11.8 Å². The highest BCUT2D eigenvalue weighted by Gasteiger charge is 2.30. The standard InChI is InChI=1S/C16H28N2O2S/c19-16(4-3-13-5-7-17-10-13)18(14-6-9-21-12-14)11-15-2-1-8-20-15/h13-15,17H,1-12H2. The van der Waals surface area contributed by atoms with Crippen LogP contribution in [0.1, 0.15) is 38.5 Å². The fraction of sp³-hybridized carbons (Fsp3) is 0.938. The van der Waals surface area contributed by atoms with E-state index >= 15 is 0 Å². The van der Waals surface area contributed by atoms with Gasteiger partial charge in [-0.15, -0.1) is 0 Å². The topological polar surface area (TPSA) is 41.6 Å². The van der Waals surface area contributed by atoms with Crippen LogP contribution in [0.4, 0.5) is 0 Å². The van der Waals surface area contributed by atoms with Crippen molar-refractivity contribution < 1.29 is 9.53 Å². The quantitative estimate of drug-likeness (QED) is 0.813. The normalized spacial score (nSPS) is 32.7. The molecule has 0 radical (unpaired) electrons. The molecule has 120 valence electrons. The van der Waals surface area contributed by atoms with Gasteiger partial charge in [-0.2, -0.15) is 11.8 Å². The van der Waals surface area contributed by atoms with Crippen molar-refractivity contribution in [3.8, 4) is 0 Å². The lowest BCUT2D eigenvalue weighted by Crippen LogP contribution is -2.44. The molecular formula is C16H28N2O2S. The Morgan fingerprint density at radius 1 is 1.33 bits per heavy atom. The molecular weight excluding hydrogens is 284 g/mol. The summed E-state index contributed by atoms with van der Waals surface area (Å²) in [5.74, 6) is 3.39. The second-order valence-electron chi connectivity index (χ2n) is 6.60. The van der Waals surface area contributed by atoms with Crippen molar-refractivity contribution in [3.63, 3.8) is 0 Å². The number of hydrogen-bond acceptors (Lipinski definition) is 4. The molecule has 21 heavy (non-hydrogen) atoms. The fourth-order valence-corrected chi connectivity index (χ4v) is 4.89. The summed E-state index contributed by atoms with van der Waals surface area (Å²) in [5, 5.41) is 3.39. The first-order valence-electron chi connectivity index (χ1n) is 8.52. The zero-order valence-corrected chi connectivity index (χ0v) is 13.7. The van der Waals surface area contributed by atoms with E-state index < -0.39 is 0 Å². The molecule has 3 atom stereocenters. The van der Waals surface area contributed by atoms with E-state index in [0.717, 1.165) is 64.1 Å². The third-order valence-corrected chi connectivity index (χ3v) is 6.16. The lowest BCUT2D eigenvalue weighted by atomic mass is 10.0. The maximum atomic E-state index is 12.7. The second kappa shape index (κ2) is 7.84. The van der Waals surface area contributed by atoms with Gasteiger partial charge in [0.05, 0.1) is 6.10 Å². The molecule has 1 amide bonds. The van der Waals surface area contributed by atoms with Crippen LogP contribution in [-0.2, 0) is 9.53 Å². The maximum Gasteiger partial charge on any atom is 0.222 e. The van der Waals surface area contributed by atoms with Crippen LogP contribution >= 0.6 is 11.8 Å². The van der Waals surface area contributed by atoms with Gasteiger partial charge in [-0.1, -0.05) is 0 Å². The predicted molar refractivity (Wildman–Crippen MR) is 86.6 cm³/mol. The van der Waals surface area contributed by atoms with Gasteiger partial charge in [0.2, 0.25) is 5.91 Å². The van der Waals surface area contributed by atoms with Crippen LogP contribution in [0.25, 0.3) is 0 Å². The lowest BCUT2D eigenvalue weighted by molar-refractivity contribution is -0.135. The van der Waals surface area contributed by atoms with Crippen LogP contribution < -0.4 is 5.32 Å². The molecule has 0 aromatic carbocycles. The summed E-state index contributed by atoms with van der Waals surface area (Å²) in [6.45, 7) is 3.92. The van der Waals surface area contributed by atoms with E-state index in [2.05, 4.69) is 10.2 Å². The van der Waals surface area contributed by atoms with E-state index in [1.54, 1.807) is 0 Å². The van der Waals surface area contributed by atoms with Crippen LogP contribution in [0.5, 0.6) is 0 Å². The van der Waals surface area contributed by atoms with Gasteiger partial charge < -0.3 is 15.0 Å². The molecule has 3 heterocycles. The SMILES string of the molecule is O=C(CCC1CCNC1)N(CC1CCCO1)C1CCSC1. The van der Waals surface area contributed by atoms with Crippen molar-refractivity contribution in [1.29, 1.82) is 0 Å². The highest BCUT2D eigenvalue weighted by molar-refractivity contribution is 7.99. The summed E-state index contributed by atoms with van der Waals surface area (Å²) < 4.78 is 5.76. The Morgan fingerprint density at radius 2 is 2.29 bits per heavy atom. The van der Waals surface area contributed by atoms with Gasteiger partial charge in [-0.3, -0.25) is 4.79 Å². The van der Waals surface area contributed by atoms with Crippen molar-refractivity contribution in [3.05, 3.63) is 0 Å². The van der Waals surface area contributed by atoms with Gasteiger partial charge in [-0.05, 0) is 56.9 Å². The van der Waals surface area contributed by atoms with Crippen molar-refractivity contribution in [2.45, 2.75) is 50.7 Å². The van der Waals surface area contributed by atoms with Gasteiger partial charge in [0.25, 0.3) is 0 Å². The minimum absolute atomic E-state index is 0.285. The van der Waals surface area contributed by atoms with Crippen molar-refractivity contribution in [2.24, 2.45) is 5.92 Å². The highest BCUT2D eigenvalue weighted by Crippen LogP contribution is 2.26. The van der Waals surface area contributed by atoms with Crippen LogP contribution in [0.2, 0.25) is 0 Å². The molecule has 4 nitrogen and oxygen atoms in total. The van der Waals surface area contributed by atoms with Crippen LogP contribution in [0.15, 0.2) is 0 Å². The minimum atomic E-state index is 0.285. The summed E-state index contributed by atoms with van der Waals surface area (Å²) in [4.78, 5) is 14.9. The van der Waals surface area contributed by atoms with Crippen LogP contribution in [-0.4, -0.2) is 60.7 Å². The molecule has 0 aliphatic carbocycles. The second-order valence-corrected chi connectivity index (χ2v) is 7.75. The molecule has 0 aromatic rings. The average Bonchev–Trinajstić information content (AvgIpc) is 3.25. The number of carbonyl (C=O) groups excluding carboxylic acids is 1. The zero-order chi connectivity index (χ0) is 14.5. The maximum absolute atomic E-state index is 12.7. The van der Waals surface area contributed by atoms with Gasteiger partial charge >= 0.3 is 0 Å². The summed E-state index contributed by atoms with van der Waals surface area (Å²) in [7, 11) is 0. The summed E-state index contributed by atoms with van der Waals surface area (Å²) in [6.07, 6.45) is 6.73. The Bertz CT molecular complexity index is 335. The number of nitrogens with one attached hydrogen (secondary N) is 1. The molecule has 3 aliphatic rings. The van der Waals surface area contributed by atoms with Crippen molar-refractivity contribution in [2.75, 3.05) is 37.7 Å². The van der Waals surface area contributed by atoms with Crippen molar-refractivity contribution >= 4 is 17.7 Å². The summed E-state index contributed by atoms with van der Waals surface area (Å²) in [6, 6.07) is 0.452. The van der Waals surface area contributed by atoms with Gasteiger partial charge in [0.1, 0.15) is 0 Å². The Morgan fingerprint density at radius 3 is 2.95 bits per heavy atom. The Labute approximate surface area is 132 Å². The predicted octanol–water partition coefficient (Wildman–Crippen LogP) is 1.89. The van der Waals surface area contributed by atoms with E-state index in [9.17, 15) is 4.79 Å². The summed E-state index contributed by atoms with van der Waals surface area (Å²) >= 11 is 1.98. The molecule has 3 saturated heterocycles. The molecule has 3 fully saturated rings. The number of nitrogens with zero attached hydrogens (tertiary/aromatic N) is 1. The lowest BCUT2D eigenvalue weighted by Gasteiger charge is -2.31. The number of thioether (sulfide) groups is 1. The molecule has 0 aromatic heterocycles. The monoisotopic (exact) mass is 312 g/mol. The molecule has 1 N–H and O–H groups in total. The number of ether oxygens (including phenoxy) is 1. The Balaban J connectivity index is 1.52. The van der Waals surface area contributed by atoms with Crippen molar-refractivity contribution in [1.82, 2.24) is 10.2 Å². The highest BCUT2D eigenvalue weighted by atomic mass is 32.2. The van der Waals surface area contributed by atoms with Crippen LogP contribution in [0.3, 0.4) is 0 Å². The average molecular weight is 312 g/mol. The number of amides is 1. The first-order valence-corrected chi connectivity index (χ1v) is 9.68. The third kappa shape index (κ3) is 4.36. The Kier molecular flexibility index (Phi) is 5.83. The van der Waals surface area contributed by atoms with E-state index in [-0.39, 0.29) is 6.10 Å². The molecule has 0 saturated carbocycles. The van der Waals surface area contributed by atoms with Gasteiger partial charge in [0, 0.05) is 31.4 Å². The zero-order valence-electron chi connectivity index (χ0n) is 12.9. The summed E-state index contributed by atoms with van der Waals surface area (Å²) in [5.41, 5.74) is 0. The van der Waals surface area contributed by atoms with Gasteiger partial charge in [0.15, 0.2) is 0 Å². The third-order valence-electron chi connectivity index (χ3n) is 5.02. The molecule has 0 bridgehead atoms.